The van der Waals surface area contributed by atoms with Gasteiger partial charge in [0.15, 0.2) is 11.5 Å². The van der Waals surface area contributed by atoms with Crippen LogP contribution in [0.3, 0.4) is 0 Å². The molecule has 4 saturated carbocycles. The van der Waals surface area contributed by atoms with Gasteiger partial charge in [0, 0.05) is 22.7 Å². The number of aliphatic carboxylic acids is 1. The van der Waals surface area contributed by atoms with Gasteiger partial charge in [0.2, 0.25) is 5.60 Å². The van der Waals surface area contributed by atoms with Gasteiger partial charge in [-0.3, -0.25) is 4.79 Å². The first-order chi connectivity index (χ1) is 17.7. The monoisotopic (exact) mass is 536 g/mol. The number of carboxylic acids is 1. The highest BCUT2D eigenvalue weighted by molar-refractivity contribution is 6.01. The molecular formula is C29H38F2O7. The molecular weight excluding hydrogens is 498 g/mol. The average molecular weight is 537 g/mol. The van der Waals surface area contributed by atoms with Crippen molar-refractivity contribution in [3.05, 3.63) is 23.8 Å². The number of halogens is 2. The first kappa shape index (κ1) is 27.3. The molecule has 0 aromatic heterocycles. The summed E-state index contributed by atoms with van der Waals surface area (Å²) in [6.07, 6.45) is 2.28. The Balaban J connectivity index is 1.51. The number of aliphatic hydroxyl groups is 1. The highest BCUT2D eigenvalue weighted by Crippen LogP contribution is 2.71. The van der Waals surface area contributed by atoms with E-state index in [-0.39, 0.29) is 30.8 Å². The molecule has 0 aromatic rings. The number of hydrogen-bond donors (Lipinski definition) is 2. The summed E-state index contributed by atoms with van der Waals surface area (Å²) in [6, 6.07) is 0. The molecule has 4 fully saturated rings. The molecule has 0 aliphatic heterocycles. The zero-order chi connectivity index (χ0) is 27.8. The summed E-state index contributed by atoms with van der Waals surface area (Å²) in [5.41, 5.74) is -7.39. The summed E-state index contributed by atoms with van der Waals surface area (Å²) in [4.78, 5) is 38.0. The van der Waals surface area contributed by atoms with E-state index >= 15 is 8.78 Å². The number of carbonyl (C=O) groups is 3. The summed E-state index contributed by atoms with van der Waals surface area (Å²) >= 11 is 0. The second-order valence-corrected chi connectivity index (χ2v) is 12.8. The zero-order valence-electron chi connectivity index (χ0n) is 22.4. The van der Waals surface area contributed by atoms with Crippen molar-refractivity contribution in [2.75, 3.05) is 0 Å². The number of alkyl halides is 2. The Morgan fingerprint density at radius 2 is 1.82 bits per heavy atom. The van der Waals surface area contributed by atoms with Gasteiger partial charge in [0.1, 0.15) is 12.3 Å². The van der Waals surface area contributed by atoms with E-state index in [1.54, 1.807) is 20.8 Å². The highest BCUT2D eigenvalue weighted by atomic mass is 19.1. The third-order valence-corrected chi connectivity index (χ3v) is 11.1. The van der Waals surface area contributed by atoms with Crippen LogP contribution < -0.4 is 0 Å². The van der Waals surface area contributed by atoms with Crippen LogP contribution in [0.15, 0.2) is 23.8 Å². The van der Waals surface area contributed by atoms with Crippen molar-refractivity contribution in [2.24, 2.45) is 34.5 Å². The van der Waals surface area contributed by atoms with E-state index in [9.17, 15) is 24.6 Å². The third-order valence-electron chi connectivity index (χ3n) is 11.1. The molecule has 7 nitrogen and oxygen atoms in total. The van der Waals surface area contributed by atoms with Crippen LogP contribution in [0.4, 0.5) is 13.6 Å². The van der Waals surface area contributed by atoms with Crippen LogP contribution in [0, 0.1) is 34.5 Å². The van der Waals surface area contributed by atoms with Gasteiger partial charge in [-0.2, -0.15) is 0 Å². The second kappa shape index (κ2) is 8.86. The molecule has 38 heavy (non-hydrogen) atoms. The molecule has 0 spiro atoms. The van der Waals surface area contributed by atoms with E-state index in [1.807, 2.05) is 0 Å². The molecule has 0 radical (unpaired) electrons. The van der Waals surface area contributed by atoms with E-state index in [2.05, 4.69) is 0 Å². The van der Waals surface area contributed by atoms with Gasteiger partial charge in [-0.25, -0.2) is 18.4 Å². The quantitative estimate of drug-likeness (QED) is 0.481. The SMILES string of the molecule is CC(OC(=O)O[C@@]1(C(=O)O)[C@H](C)C[C@H]2[C@@H]3C[C@H](F)C4=CC(=O)C=C[C@]4(C)C3(F)[C@@H](O)C[C@@]21C)C1CCCC1. The fourth-order valence-electron chi connectivity index (χ4n) is 9.07. The topological polar surface area (TPSA) is 110 Å². The largest absolute Gasteiger partial charge is 0.509 e. The maximum atomic E-state index is 17.3. The van der Waals surface area contributed by atoms with E-state index in [0.29, 0.717) is 0 Å². The lowest BCUT2D eigenvalue weighted by atomic mass is 9.44. The Morgan fingerprint density at radius 3 is 2.45 bits per heavy atom. The van der Waals surface area contributed by atoms with Crippen molar-refractivity contribution in [2.45, 2.75) is 102 Å². The van der Waals surface area contributed by atoms with Crippen LogP contribution in [0.5, 0.6) is 0 Å². The van der Waals surface area contributed by atoms with Crippen LogP contribution >= 0.6 is 0 Å². The van der Waals surface area contributed by atoms with Gasteiger partial charge in [-0.1, -0.05) is 32.8 Å². The molecule has 2 N–H and O–H groups in total. The summed E-state index contributed by atoms with van der Waals surface area (Å²) < 4.78 is 44.2. The van der Waals surface area contributed by atoms with Crippen molar-refractivity contribution >= 4 is 17.9 Å². The summed E-state index contributed by atoms with van der Waals surface area (Å²) in [6.45, 7) is 6.51. The van der Waals surface area contributed by atoms with Crippen molar-refractivity contribution in [3.63, 3.8) is 0 Å². The number of hydrogen-bond acceptors (Lipinski definition) is 6. The maximum Gasteiger partial charge on any atom is 0.509 e. The fourth-order valence-corrected chi connectivity index (χ4v) is 9.07. The Labute approximate surface area is 221 Å². The predicted molar refractivity (Wildman–Crippen MR) is 133 cm³/mol. The Morgan fingerprint density at radius 1 is 1.16 bits per heavy atom. The minimum atomic E-state index is -2.34. The van der Waals surface area contributed by atoms with Crippen LogP contribution in [0.1, 0.15) is 72.6 Å². The first-order valence-electron chi connectivity index (χ1n) is 13.8. The molecule has 0 aromatic carbocycles. The number of carbonyl (C=O) groups excluding carboxylic acids is 2. The lowest BCUT2D eigenvalue weighted by Gasteiger charge is -2.62. The average Bonchev–Trinajstić information content (AvgIpc) is 3.45. The predicted octanol–water partition coefficient (Wildman–Crippen LogP) is 5.11. The number of rotatable bonds is 4. The standard InChI is InChI=1S/C29H38F2O7/c1-15-11-19-20-13-22(30)21-12-18(32)9-10-26(21,3)28(20,31)23(33)14-27(19,4)29(15,24(34)35)38-25(36)37-16(2)17-7-5-6-8-17/h9-10,12,15-17,19-20,22-23,33H,5-8,11,13-14H2,1-4H3,(H,34,35)/t15-,16?,19+,20+,22+,23+,26+,27+,28?,29-/m1/s1. The molecule has 0 saturated heterocycles. The molecule has 5 aliphatic carbocycles. The van der Waals surface area contributed by atoms with Gasteiger partial charge in [-0.15, -0.1) is 0 Å². The van der Waals surface area contributed by atoms with Crippen molar-refractivity contribution in [1.29, 1.82) is 0 Å². The first-order valence-corrected chi connectivity index (χ1v) is 13.8. The van der Waals surface area contributed by atoms with E-state index in [0.717, 1.165) is 31.8 Å². The summed E-state index contributed by atoms with van der Waals surface area (Å²) in [5.74, 6) is -4.16. The Hall–Kier alpha value is -2.29. The number of fused-ring (bicyclic) bond motifs is 5. The molecule has 210 valence electrons. The summed E-state index contributed by atoms with van der Waals surface area (Å²) in [5, 5.41) is 22.0. The number of ketones is 1. The molecule has 5 aliphatic rings. The number of carboxylic acid groups (broad SMARTS) is 1. The van der Waals surface area contributed by atoms with Gasteiger partial charge in [0.25, 0.3) is 0 Å². The van der Waals surface area contributed by atoms with Crippen LogP contribution in [0.2, 0.25) is 0 Å². The second-order valence-electron chi connectivity index (χ2n) is 12.8. The van der Waals surface area contributed by atoms with E-state index in [4.69, 9.17) is 9.47 Å². The molecule has 5 rings (SSSR count). The Kier molecular flexibility index (Phi) is 6.36. The van der Waals surface area contributed by atoms with Crippen molar-refractivity contribution in [1.82, 2.24) is 0 Å². The normalized spacial score (nSPS) is 47.0. The van der Waals surface area contributed by atoms with E-state index in [1.165, 1.54) is 19.1 Å². The third kappa shape index (κ3) is 3.42. The highest BCUT2D eigenvalue weighted by Gasteiger charge is 2.78. The van der Waals surface area contributed by atoms with Gasteiger partial charge >= 0.3 is 12.1 Å². The minimum absolute atomic E-state index is 0.00248. The van der Waals surface area contributed by atoms with Crippen molar-refractivity contribution in [3.8, 4) is 0 Å². The number of allylic oxidation sites excluding steroid dienone is 4. The van der Waals surface area contributed by atoms with Gasteiger partial charge in [-0.05, 0) is 75.5 Å². The van der Waals surface area contributed by atoms with Gasteiger partial charge in [0.05, 0.1) is 6.10 Å². The van der Waals surface area contributed by atoms with Crippen LogP contribution in [-0.2, 0) is 19.1 Å². The minimum Gasteiger partial charge on any atom is -0.478 e. The molecule has 2 unspecified atom stereocenters. The molecule has 0 bridgehead atoms. The van der Waals surface area contributed by atoms with Crippen LogP contribution in [-0.4, -0.2) is 57.8 Å². The number of ether oxygens (including phenoxy) is 2. The lowest BCUT2D eigenvalue weighted by molar-refractivity contribution is -0.232. The molecule has 0 heterocycles. The van der Waals surface area contributed by atoms with Crippen molar-refractivity contribution < 1.29 is 42.9 Å². The smallest absolute Gasteiger partial charge is 0.478 e. The summed E-state index contributed by atoms with van der Waals surface area (Å²) in [7, 11) is 0. The number of aliphatic hydroxyl groups excluding tert-OH is 1. The Bertz CT molecular complexity index is 1100. The maximum absolute atomic E-state index is 17.3. The van der Waals surface area contributed by atoms with Crippen LogP contribution in [0.25, 0.3) is 0 Å². The lowest BCUT2D eigenvalue weighted by Crippen LogP contribution is -2.71. The zero-order valence-corrected chi connectivity index (χ0v) is 22.4. The fraction of sp³-hybridized carbons (Fsp3) is 0.759. The van der Waals surface area contributed by atoms with Gasteiger partial charge < -0.3 is 19.7 Å². The molecule has 9 heteroatoms. The molecule has 10 atom stereocenters. The van der Waals surface area contributed by atoms with E-state index < -0.39 is 76.1 Å². The molecule has 0 amide bonds.